The van der Waals surface area contributed by atoms with Crippen molar-refractivity contribution in [3.8, 4) is 5.69 Å². The molecule has 2 heterocycles. The Labute approximate surface area is 142 Å². The highest BCUT2D eigenvalue weighted by Gasteiger charge is 2.19. The number of carbonyl (C=O) groups is 1. The first-order valence-corrected chi connectivity index (χ1v) is 8.30. The summed E-state index contributed by atoms with van der Waals surface area (Å²) in [5.74, 6) is -0.0536. The van der Waals surface area contributed by atoms with E-state index in [0.29, 0.717) is 18.8 Å². The predicted octanol–water partition coefficient (Wildman–Crippen LogP) is 1.84. The number of para-hydroxylation sites is 1. The molecule has 0 radical (unpaired) electrons. The molecule has 1 aromatic carbocycles. The van der Waals surface area contributed by atoms with Crippen molar-refractivity contribution in [3.05, 3.63) is 47.8 Å². The van der Waals surface area contributed by atoms with Gasteiger partial charge < -0.3 is 15.0 Å². The van der Waals surface area contributed by atoms with Crippen LogP contribution in [0.3, 0.4) is 0 Å². The number of hydrogen-bond donors (Lipinski definition) is 1. The van der Waals surface area contributed by atoms with Crippen molar-refractivity contribution in [2.75, 3.05) is 27.3 Å². The van der Waals surface area contributed by atoms with E-state index in [4.69, 9.17) is 4.74 Å². The smallest absolute Gasteiger partial charge is 0.253 e. The van der Waals surface area contributed by atoms with Gasteiger partial charge in [0.05, 0.1) is 17.4 Å². The van der Waals surface area contributed by atoms with Crippen molar-refractivity contribution >= 4 is 5.91 Å². The molecule has 1 aromatic heterocycles. The molecule has 1 N–H and O–H groups in total. The van der Waals surface area contributed by atoms with Gasteiger partial charge in [-0.1, -0.05) is 12.1 Å². The fraction of sp³-hybridized carbons (Fsp3) is 0.444. The van der Waals surface area contributed by atoms with Gasteiger partial charge in [0.15, 0.2) is 0 Å². The van der Waals surface area contributed by atoms with Gasteiger partial charge in [-0.15, -0.1) is 0 Å². The van der Waals surface area contributed by atoms with Crippen LogP contribution in [0.25, 0.3) is 5.69 Å². The Morgan fingerprint density at radius 1 is 1.33 bits per heavy atom. The van der Waals surface area contributed by atoms with Gasteiger partial charge in [0.1, 0.15) is 0 Å². The first-order chi connectivity index (χ1) is 11.6. The van der Waals surface area contributed by atoms with Crippen molar-refractivity contribution in [3.63, 3.8) is 0 Å². The van der Waals surface area contributed by atoms with Crippen molar-refractivity contribution in [2.45, 2.75) is 25.4 Å². The average molecular weight is 328 g/mol. The number of ether oxygens (including phenoxy) is 1. The average Bonchev–Trinajstić information content (AvgIpc) is 3.03. The molecule has 2 aromatic rings. The van der Waals surface area contributed by atoms with Crippen LogP contribution in [-0.4, -0.2) is 53.9 Å². The largest absolute Gasteiger partial charge is 0.381 e. The molecule has 0 atom stereocenters. The number of hydrogen-bond acceptors (Lipinski definition) is 4. The molecule has 1 fully saturated rings. The van der Waals surface area contributed by atoms with Crippen molar-refractivity contribution < 1.29 is 9.53 Å². The number of aromatic nitrogens is 2. The van der Waals surface area contributed by atoms with Crippen LogP contribution < -0.4 is 5.32 Å². The Bertz CT molecular complexity index is 690. The van der Waals surface area contributed by atoms with Crippen LogP contribution in [0.1, 0.15) is 28.8 Å². The third-order valence-electron chi connectivity index (χ3n) is 4.09. The zero-order chi connectivity index (χ0) is 16.9. The van der Waals surface area contributed by atoms with E-state index >= 15 is 0 Å². The lowest BCUT2D eigenvalue weighted by atomic mass is 10.1. The highest BCUT2D eigenvalue weighted by Crippen LogP contribution is 2.16. The maximum atomic E-state index is 12.7. The van der Waals surface area contributed by atoms with Crippen LogP contribution in [0.4, 0.5) is 0 Å². The van der Waals surface area contributed by atoms with E-state index in [1.165, 1.54) is 0 Å². The maximum absolute atomic E-state index is 12.7. The maximum Gasteiger partial charge on any atom is 0.253 e. The second kappa shape index (κ2) is 7.59. The monoisotopic (exact) mass is 328 g/mol. The molecule has 6 nitrogen and oxygen atoms in total. The summed E-state index contributed by atoms with van der Waals surface area (Å²) < 4.78 is 7.12. The number of benzene rings is 1. The summed E-state index contributed by atoms with van der Waals surface area (Å²) in [6.07, 6.45) is 5.54. The normalized spacial score (nSPS) is 15.6. The summed E-state index contributed by atoms with van der Waals surface area (Å²) in [7, 11) is 4.04. The Balaban J connectivity index is 1.79. The molecule has 1 aliphatic rings. The summed E-state index contributed by atoms with van der Waals surface area (Å²) in [6.45, 7) is 2.23. The van der Waals surface area contributed by atoms with Gasteiger partial charge in [-0.3, -0.25) is 4.79 Å². The summed E-state index contributed by atoms with van der Waals surface area (Å²) in [5, 5.41) is 7.54. The van der Waals surface area contributed by atoms with E-state index < -0.39 is 0 Å². The molecule has 0 aliphatic carbocycles. The van der Waals surface area contributed by atoms with Crippen LogP contribution in [0.5, 0.6) is 0 Å². The van der Waals surface area contributed by atoms with E-state index in [1.807, 2.05) is 50.8 Å². The fourth-order valence-corrected chi connectivity index (χ4v) is 2.91. The summed E-state index contributed by atoms with van der Waals surface area (Å²) in [6, 6.07) is 7.75. The minimum atomic E-state index is -0.0536. The molecule has 0 bridgehead atoms. The van der Waals surface area contributed by atoms with Gasteiger partial charge in [0.25, 0.3) is 5.91 Å². The van der Waals surface area contributed by atoms with Gasteiger partial charge in [-0.25, -0.2) is 4.68 Å². The molecule has 24 heavy (non-hydrogen) atoms. The molecule has 3 rings (SSSR count). The van der Waals surface area contributed by atoms with Crippen LogP contribution in [-0.2, 0) is 11.3 Å². The minimum absolute atomic E-state index is 0.0536. The van der Waals surface area contributed by atoms with E-state index in [0.717, 1.165) is 30.6 Å². The van der Waals surface area contributed by atoms with E-state index in [1.54, 1.807) is 4.68 Å². The molecular formula is C18H24N4O2. The summed E-state index contributed by atoms with van der Waals surface area (Å²) in [5.41, 5.74) is 2.55. The van der Waals surface area contributed by atoms with E-state index in [9.17, 15) is 4.79 Å². The standard InChI is InChI=1S/C18H24N4O2/c1-21(2)12-14-11-19-22(13-14)17-6-4-3-5-16(17)18(23)20-15-7-9-24-10-8-15/h3-6,11,13,15H,7-10,12H2,1-2H3,(H,20,23). The van der Waals surface area contributed by atoms with Crippen LogP contribution in [0.15, 0.2) is 36.7 Å². The zero-order valence-corrected chi connectivity index (χ0v) is 14.2. The lowest BCUT2D eigenvalue weighted by Crippen LogP contribution is -2.39. The third-order valence-corrected chi connectivity index (χ3v) is 4.09. The highest BCUT2D eigenvalue weighted by atomic mass is 16.5. The van der Waals surface area contributed by atoms with E-state index in [2.05, 4.69) is 15.3 Å². The minimum Gasteiger partial charge on any atom is -0.381 e. The number of nitrogens with one attached hydrogen (secondary N) is 1. The molecule has 0 unspecified atom stereocenters. The van der Waals surface area contributed by atoms with Crippen molar-refractivity contribution in [1.82, 2.24) is 20.0 Å². The van der Waals surface area contributed by atoms with Gasteiger partial charge in [0, 0.05) is 37.6 Å². The molecule has 1 aliphatic heterocycles. The zero-order valence-electron chi connectivity index (χ0n) is 14.2. The Morgan fingerprint density at radius 3 is 2.83 bits per heavy atom. The Morgan fingerprint density at radius 2 is 2.08 bits per heavy atom. The van der Waals surface area contributed by atoms with Crippen LogP contribution >= 0.6 is 0 Å². The first kappa shape index (κ1) is 16.7. The molecule has 1 saturated heterocycles. The van der Waals surface area contributed by atoms with Crippen LogP contribution in [0.2, 0.25) is 0 Å². The van der Waals surface area contributed by atoms with Gasteiger partial charge in [-0.05, 0) is 39.1 Å². The Kier molecular flexibility index (Phi) is 5.27. The van der Waals surface area contributed by atoms with E-state index in [-0.39, 0.29) is 11.9 Å². The molecule has 0 spiro atoms. The predicted molar refractivity (Wildman–Crippen MR) is 92.3 cm³/mol. The molecule has 1 amide bonds. The Hall–Kier alpha value is -2.18. The summed E-state index contributed by atoms with van der Waals surface area (Å²) in [4.78, 5) is 14.8. The highest BCUT2D eigenvalue weighted by molar-refractivity contribution is 5.97. The molecule has 128 valence electrons. The lowest BCUT2D eigenvalue weighted by molar-refractivity contribution is 0.0696. The number of nitrogens with zero attached hydrogens (tertiary/aromatic N) is 3. The summed E-state index contributed by atoms with van der Waals surface area (Å²) >= 11 is 0. The van der Waals surface area contributed by atoms with Gasteiger partial charge in [0.2, 0.25) is 0 Å². The number of rotatable bonds is 5. The number of amides is 1. The van der Waals surface area contributed by atoms with Crippen molar-refractivity contribution in [1.29, 1.82) is 0 Å². The molecular weight excluding hydrogens is 304 g/mol. The second-order valence-electron chi connectivity index (χ2n) is 6.41. The second-order valence-corrected chi connectivity index (χ2v) is 6.41. The van der Waals surface area contributed by atoms with Gasteiger partial charge >= 0.3 is 0 Å². The third kappa shape index (κ3) is 4.01. The quantitative estimate of drug-likeness (QED) is 0.910. The topological polar surface area (TPSA) is 59.4 Å². The first-order valence-electron chi connectivity index (χ1n) is 8.30. The molecule has 0 saturated carbocycles. The number of carbonyl (C=O) groups excluding carboxylic acids is 1. The van der Waals surface area contributed by atoms with Crippen molar-refractivity contribution in [2.24, 2.45) is 0 Å². The van der Waals surface area contributed by atoms with Gasteiger partial charge in [-0.2, -0.15) is 5.10 Å². The SMILES string of the molecule is CN(C)Cc1cnn(-c2ccccc2C(=O)NC2CCOCC2)c1. The lowest BCUT2D eigenvalue weighted by Gasteiger charge is -2.23. The van der Waals surface area contributed by atoms with Crippen LogP contribution in [0, 0.1) is 0 Å². The fourth-order valence-electron chi connectivity index (χ4n) is 2.91. The molecule has 6 heteroatoms.